The number of carboxylic acids is 1. The topological polar surface area (TPSA) is 143 Å². The van der Waals surface area contributed by atoms with Gasteiger partial charge in [-0.1, -0.05) is 37.0 Å². The molecule has 4 aromatic rings. The van der Waals surface area contributed by atoms with Gasteiger partial charge in [-0.2, -0.15) is 26.3 Å². The maximum absolute atomic E-state index is 13.2. The summed E-state index contributed by atoms with van der Waals surface area (Å²) in [6.07, 6.45) is -4.93. The molecule has 0 saturated heterocycles. The lowest BCUT2D eigenvalue weighted by atomic mass is 9.91. The lowest BCUT2D eigenvalue weighted by molar-refractivity contribution is -0.204. The average molecular weight is 836 g/mol. The van der Waals surface area contributed by atoms with Gasteiger partial charge in [-0.25, -0.2) is 28.9 Å². The lowest BCUT2D eigenvalue weighted by Gasteiger charge is -2.25. The van der Waals surface area contributed by atoms with Crippen molar-refractivity contribution in [1.82, 2.24) is 29.5 Å². The Morgan fingerprint density at radius 2 is 1.12 bits per heavy atom. The van der Waals surface area contributed by atoms with E-state index in [1.807, 2.05) is 0 Å². The van der Waals surface area contributed by atoms with Crippen molar-refractivity contribution in [3.05, 3.63) is 70.2 Å². The van der Waals surface area contributed by atoms with Crippen molar-refractivity contribution in [3.8, 4) is 23.4 Å². The fourth-order valence-corrected chi connectivity index (χ4v) is 6.35. The van der Waals surface area contributed by atoms with Gasteiger partial charge in [0.15, 0.2) is 11.6 Å². The Bertz CT molecular complexity index is 2060. The Hall–Kier alpha value is -4.58. The Morgan fingerprint density at radius 1 is 0.732 bits per heavy atom. The van der Waals surface area contributed by atoms with Crippen LogP contribution in [0, 0.1) is 22.7 Å². The Balaban J connectivity index is 0.000000216. The number of rotatable bonds is 12. The number of aromatic nitrogens is 6. The number of carboxylic acid groups (broad SMARTS) is 1. The number of halogens is 8. The molecule has 4 aromatic heterocycles. The van der Waals surface area contributed by atoms with Crippen LogP contribution in [-0.2, 0) is 4.74 Å². The number of pyridine rings is 2. The number of hydrogen-bond acceptors (Lipinski definition) is 9. The van der Waals surface area contributed by atoms with E-state index in [0.29, 0.717) is 5.82 Å². The van der Waals surface area contributed by atoms with E-state index < -0.39 is 52.6 Å². The summed E-state index contributed by atoms with van der Waals surface area (Å²) in [6.45, 7) is 8.08. The number of hydrogen-bond donors (Lipinski definition) is 1. The van der Waals surface area contributed by atoms with E-state index in [1.54, 1.807) is 27.0 Å². The Kier molecular flexibility index (Phi) is 12.0. The zero-order valence-electron chi connectivity index (χ0n) is 30.7. The molecular weight excluding hydrogens is 797 g/mol. The molecule has 4 heterocycles. The second-order valence-corrected chi connectivity index (χ2v) is 15.5. The molecule has 2 saturated carbocycles. The number of carbonyl (C=O) groups is 2. The van der Waals surface area contributed by atoms with Crippen molar-refractivity contribution >= 4 is 35.1 Å². The van der Waals surface area contributed by atoms with Crippen molar-refractivity contribution in [3.63, 3.8) is 0 Å². The molecule has 0 radical (unpaired) electrons. The van der Waals surface area contributed by atoms with Crippen molar-refractivity contribution in [2.45, 2.75) is 78.3 Å². The number of carbonyl (C=O) groups excluding carboxylic acids is 1. The zero-order valence-corrected chi connectivity index (χ0v) is 32.2. The fraction of sp³-hybridized carbons (Fsp3) is 0.500. The average Bonchev–Trinajstić information content (AvgIpc) is 3.99. The summed E-state index contributed by atoms with van der Waals surface area (Å²) in [6, 6.07) is 8.73. The molecule has 0 bridgehead atoms. The van der Waals surface area contributed by atoms with Gasteiger partial charge >= 0.3 is 24.3 Å². The number of alkyl halides is 6. The molecule has 0 aliphatic heterocycles. The molecule has 0 spiro atoms. The first-order chi connectivity index (χ1) is 26.0. The predicted molar refractivity (Wildman–Crippen MR) is 190 cm³/mol. The van der Waals surface area contributed by atoms with E-state index in [0.717, 1.165) is 0 Å². The quantitative estimate of drug-likeness (QED) is 0.0834. The van der Waals surface area contributed by atoms with Crippen molar-refractivity contribution < 1.29 is 55.2 Å². The van der Waals surface area contributed by atoms with Crippen LogP contribution >= 0.6 is 23.2 Å². The van der Waals surface area contributed by atoms with Gasteiger partial charge in [-0.3, -0.25) is 0 Å². The summed E-state index contributed by atoms with van der Waals surface area (Å²) in [5.41, 5.74) is -4.00. The van der Waals surface area contributed by atoms with Crippen LogP contribution < -0.4 is 9.47 Å². The van der Waals surface area contributed by atoms with Crippen LogP contribution in [0.4, 0.5) is 26.3 Å². The minimum atomic E-state index is -4.23. The van der Waals surface area contributed by atoms with Crippen LogP contribution in [0.3, 0.4) is 0 Å². The minimum absolute atomic E-state index is 0.0470. The van der Waals surface area contributed by atoms with Crippen LogP contribution in [0.1, 0.15) is 81.0 Å². The molecule has 2 aliphatic rings. The molecule has 1 N–H and O–H groups in total. The maximum atomic E-state index is 13.2. The van der Waals surface area contributed by atoms with E-state index in [4.69, 9.17) is 42.5 Å². The molecule has 56 heavy (non-hydrogen) atoms. The zero-order chi connectivity index (χ0) is 41.4. The highest BCUT2D eigenvalue weighted by atomic mass is 35.5. The molecular formula is C36H38Cl2F6N6O6. The highest BCUT2D eigenvalue weighted by Gasteiger charge is 2.66. The van der Waals surface area contributed by atoms with Crippen molar-refractivity contribution in [2.75, 3.05) is 13.2 Å². The summed E-state index contributed by atoms with van der Waals surface area (Å²) in [5, 5.41) is 16.9. The van der Waals surface area contributed by atoms with Crippen LogP contribution in [0.2, 0.25) is 10.3 Å². The Labute approximate surface area is 327 Å². The van der Waals surface area contributed by atoms with Gasteiger partial charge < -0.3 is 19.3 Å². The van der Waals surface area contributed by atoms with E-state index in [9.17, 15) is 35.9 Å². The van der Waals surface area contributed by atoms with Gasteiger partial charge in [-0.15, -0.1) is 10.2 Å². The van der Waals surface area contributed by atoms with Crippen LogP contribution in [0.15, 0.2) is 48.8 Å². The largest absolute Gasteiger partial charge is 0.478 e. The van der Waals surface area contributed by atoms with Gasteiger partial charge in [0, 0.05) is 36.4 Å². The second kappa shape index (κ2) is 15.8. The number of aromatic carboxylic acids is 1. The summed E-state index contributed by atoms with van der Waals surface area (Å²) >= 11 is 11.9. The summed E-state index contributed by atoms with van der Waals surface area (Å²) < 4.78 is 97.6. The normalized spacial score (nSPS) is 16.9. The third-order valence-corrected chi connectivity index (χ3v) is 10.2. The molecule has 2 aliphatic carbocycles. The Morgan fingerprint density at radius 3 is 1.45 bits per heavy atom. The molecule has 0 amide bonds. The van der Waals surface area contributed by atoms with E-state index in [1.165, 1.54) is 65.8 Å². The first kappa shape index (κ1) is 42.6. The second-order valence-electron chi connectivity index (χ2n) is 14.8. The standard InChI is InChI=1S/C20H23ClF3N3O3.C16H15ClF3N3O3/c1-12(19(8-9-19)20(22,23)24)11-29-15-7-10-27(26-15)14-6-5-13(16(21)25-14)17(28)30-18(2,3)4;1-9(15(5-6-15)16(18,19)20)8-26-12-4-7-23(22-12)11-3-2-10(14(24)25)13(17)21-11/h5-7,10,12H,8-9,11H2,1-4H3;2-4,7,9H,5-6,8H2,1H3,(H,24,25). The lowest BCUT2D eigenvalue weighted by Crippen LogP contribution is -2.34. The highest BCUT2D eigenvalue weighted by molar-refractivity contribution is 6.32. The number of ether oxygens (including phenoxy) is 3. The number of esters is 1. The first-order valence-electron chi connectivity index (χ1n) is 17.3. The molecule has 2 atom stereocenters. The van der Waals surface area contributed by atoms with Gasteiger partial charge in [0.1, 0.15) is 15.9 Å². The van der Waals surface area contributed by atoms with E-state index in [-0.39, 0.29) is 77.9 Å². The van der Waals surface area contributed by atoms with Crippen LogP contribution in [-0.4, -0.2) is 77.7 Å². The van der Waals surface area contributed by atoms with Gasteiger partial charge in [-0.05, 0) is 70.7 Å². The predicted octanol–water partition coefficient (Wildman–Crippen LogP) is 9.21. The van der Waals surface area contributed by atoms with Crippen molar-refractivity contribution in [2.24, 2.45) is 22.7 Å². The number of nitrogens with zero attached hydrogens (tertiary/aromatic N) is 6. The summed E-state index contributed by atoms with van der Waals surface area (Å²) in [7, 11) is 0. The third kappa shape index (κ3) is 9.50. The molecule has 304 valence electrons. The monoisotopic (exact) mass is 834 g/mol. The third-order valence-electron chi connectivity index (χ3n) is 9.67. The SMILES string of the molecule is CC(COc1ccn(-c2ccc(C(=O)O)c(Cl)n2)n1)C1(C(F)(F)F)CC1.CC(COc1ccn(-c2ccc(C(=O)OC(C)(C)C)c(Cl)n2)n1)C1(C(F)(F)F)CC1. The first-order valence-corrected chi connectivity index (χ1v) is 18.0. The smallest absolute Gasteiger partial charge is 0.394 e. The van der Waals surface area contributed by atoms with Crippen LogP contribution in [0.5, 0.6) is 11.8 Å². The van der Waals surface area contributed by atoms with Gasteiger partial charge in [0.05, 0.1) is 35.2 Å². The van der Waals surface area contributed by atoms with E-state index >= 15 is 0 Å². The van der Waals surface area contributed by atoms with Gasteiger partial charge in [0.2, 0.25) is 11.8 Å². The molecule has 12 nitrogen and oxygen atoms in total. The summed E-state index contributed by atoms with van der Waals surface area (Å²) in [5.74, 6) is -2.25. The van der Waals surface area contributed by atoms with Crippen LogP contribution in [0.25, 0.3) is 11.6 Å². The van der Waals surface area contributed by atoms with E-state index in [2.05, 4.69) is 20.2 Å². The minimum Gasteiger partial charge on any atom is -0.478 e. The maximum Gasteiger partial charge on any atom is 0.394 e. The molecule has 2 fully saturated rings. The highest BCUT2D eigenvalue weighted by Crippen LogP contribution is 2.63. The summed E-state index contributed by atoms with van der Waals surface area (Å²) in [4.78, 5) is 31.2. The molecule has 6 rings (SSSR count). The van der Waals surface area contributed by atoms with Crippen molar-refractivity contribution in [1.29, 1.82) is 0 Å². The fourth-order valence-electron chi connectivity index (χ4n) is 5.89. The molecule has 0 aromatic carbocycles. The van der Waals surface area contributed by atoms with Gasteiger partial charge in [0.25, 0.3) is 0 Å². The molecule has 2 unspecified atom stereocenters. The molecule has 20 heteroatoms.